The summed E-state index contributed by atoms with van der Waals surface area (Å²) in [6.45, 7) is 7.98. The molecule has 0 amide bonds. The molecular weight excluding hydrogens is 296 g/mol. The highest BCUT2D eigenvalue weighted by Crippen LogP contribution is 2.13. The second kappa shape index (κ2) is 22.5. The molecule has 0 aliphatic carbocycles. The summed E-state index contributed by atoms with van der Waals surface area (Å²) < 4.78 is 10.5. The van der Waals surface area contributed by atoms with Crippen molar-refractivity contribution in [2.45, 2.75) is 110 Å². The molecule has 144 valence electrons. The Hall–Kier alpha value is -0.500. The van der Waals surface area contributed by atoms with E-state index in [1.807, 2.05) is 0 Å². The van der Waals surface area contributed by atoms with Gasteiger partial charge in [-0.15, -0.1) is 0 Å². The topological polar surface area (TPSA) is 18.5 Å². The summed E-state index contributed by atoms with van der Waals surface area (Å²) in [4.78, 5) is 0. The van der Waals surface area contributed by atoms with Crippen LogP contribution in [0.4, 0.5) is 0 Å². The van der Waals surface area contributed by atoms with Gasteiger partial charge in [0.25, 0.3) is 0 Å². The Bertz CT molecular complexity index is 228. The van der Waals surface area contributed by atoms with Crippen LogP contribution in [0.25, 0.3) is 0 Å². The lowest BCUT2D eigenvalue weighted by Crippen LogP contribution is -2.02. The predicted octanol–water partition coefficient (Wildman–Crippen LogP) is 7.42. The monoisotopic (exact) mass is 340 g/mol. The van der Waals surface area contributed by atoms with Gasteiger partial charge < -0.3 is 9.47 Å². The number of unbranched alkanes of at least 4 members (excludes halogenated alkanes) is 15. The Morgan fingerprint density at radius 2 is 0.958 bits per heavy atom. The molecule has 0 saturated carbocycles. The molecular formula is C22H44O2. The second-order valence-electron chi connectivity index (χ2n) is 6.95. The van der Waals surface area contributed by atoms with Crippen LogP contribution in [-0.4, -0.2) is 19.8 Å². The first-order chi connectivity index (χ1) is 11.9. The zero-order valence-electron chi connectivity index (χ0n) is 16.5. The van der Waals surface area contributed by atoms with Crippen LogP contribution in [0.3, 0.4) is 0 Å². The van der Waals surface area contributed by atoms with E-state index < -0.39 is 0 Å². The molecule has 0 N–H and O–H groups in total. The Labute approximate surface area is 152 Å². The van der Waals surface area contributed by atoms with Gasteiger partial charge in [0.05, 0.1) is 12.9 Å². The van der Waals surface area contributed by atoms with Crippen LogP contribution in [0.1, 0.15) is 110 Å². The van der Waals surface area contributed by atoms with Crippen LogP contribution in [0, 0.1) is 0 Å². The van der Waals surface area contributed by atoms with Crippen LogP contribution in [0.15, 0.2) is 12.8 Å². The fourth-order valence-corrected chi connectivity index (χ4v) is 3.04. The third kappa shape index (κ3) is 21.5. The number of rotatable bonds is 21. The van der Waals surface area contributed by atoms with Crippen molar-refractivity contribution in [3.63, 3.8) is 0 Å². The fourth-order valence-electron chi connectivity index (χ4n) is 3.04. The van der Waals surface area contributed by atoms with Crippen molar-refractivity contribution in [2.24, 2.45) is 0 Å². The van der Waals surface area contributed by atoms with E-state index in [0.717, 1.165) is 6.61 Å². The summed E-state index contributed by atoms with van der Waals surface area (Å²) in [5.74, 6) is 0. The van der Waals surface area contributed by atoms with Crippen LogP contribution in [-0.2, 0) is 9.47 Å². The normalized spacial score (nSPS) is 10.9. The first kappa shape index (κ1) is 23.5. The lowest BCUT2D eigenvalue weighted by atomic mass is 10.0. The third-order valence-corrected chi connectivity index (χ3v) is 4.61. The lowest BCUT2D eigenvalue weighted by Gasteiger charge is -2.05. The van der Waals surface area contributed by atoms with E-state index in [1.54, 1.807) is 0 Å². The maximum atomic E-state index is 5.48. The van der Waals surface area contributed by atoms with Gasteiger partial charge in [-0.2, -0.15) is 0 Å². The molecule has 0 heterocycles. The molecule has 0 bridgehead atoms. The van der Waals surface area contributed by atoms with Gasteiger partial charge in [-0.05, 0) is 6.42 Å². The summed E-state index contributed by atoms with van der Waals surface area (Å²) in [6, 6.07) is 0. The first-order valence-electron chi connectivity index (χ1n) is 10.7. The molecule has 0 spiro atoms. The van der Waals surface area contributed by atoms with Gasteiger partial charge in [0.2, 0.25) is 0 Å². The Balaban J connectivity index is 2.94. The largest absolute Gasteiger partial charge is 0.499 e. The van der Waals surface area contributed by atoms with Crippen molar-refractivity contribution in [1.82, 2.24) is 0 Å². The van der Waals surface area contributed by atoms with Gasteiger partial charge >= 0.3 is 0 Å². The first-order valence-corrected chi connectivity index (χ1v) is 10.7. The van der Waals surface area contributed by atoms with Crippen LogP contribution >= 0.6 is 0 Å². The van der Waals surface area contributed by atoms with Crippen LogP contribution in [0.5, 0.6) is 0 Å². The average molecular weight is 341 g/mol. The smallest absolute Gasteiger partial charge is 0.111 e. The molecule has 2 heteroatoms. The summed E-state index contributed by atoms with van der Waals surface area (Å²) >= 11 is 0. The molecule has 0 aliphatic heterocycles. The quantitative estimate of drug-likeness (QED) is 0.160. The molecule has 0 saturated heterocycles. The zero-order chi connectivity index (χ0) is 17.6. The predicted molar refractivity (Wildman–Crippen MR) is 107 cm³/mol. The van der Waals surface area contributed by atoms with E-state index in [-0.39, 0.29) is 0 Å². The van der Waals surface area contributed by atoms with E-state index in [0.29, 0.717) is 13.2 Å². The molecule has 0 aromatic rings. The summed E-state index contributed by atoms with van der Waals surface area (Å²) in [5.41, 5.74) is 0. The Kier molecular flexibility index (Phi) is 22.0. The molecule has 24 heavy (non-hydrogen) atoms. The summed E-state index contributed by atoms with van der Waals surface area (Å²) in [5, 5.41) is 0. The summed E-state index contributed by atoms with van der Waals surface area (Å²) in [6.07, 6.45) is 24.0. The minimum atomic E-state index is 0.627. The summed E-state index contributed by atoms with van der Waals surface area (Å²) in [7, 11) is 0. The van der Waals surface area contributed by atoms with E-state index in [2.05, 4.69) is 13.5 Å². The fraction of sp³-hybridized carbons (Fsp3) is 0.909. The highest BCUT2D eigenvalue weighted by Gasteiger charge is 1.95. The van der Waals surface area contributed by atoms with Gasteiger partial charge in [-0.1, -0.05) is 110 Å². The second-order valence-corrected chi connectivity index (χ2v) is 6.95. The number of hydrogen-bond acceptors (Lipinski definition) is 2. The number of ether oxygens (including phenoxy) is 2. The van der Waals surface area contributed by atoms with Crippen molar-refractivity contribution < 1.29 is 9.47 Å². The van der Waals surface area contributed by atoms with Gasteiger partial charge in [0.15, 0.2) is 0 Å². The van der Waals surface area contributed by atoms with Crippen molar-refractivity contribution >= 4 is 0 Å². The molecule has 0 unspecified atom stereocenters. The van der Waals surface area contributed by atoms with E-state index in [4.69, 9.17) is 9.47 Å². The molecule has 0 aliphatic rings. The molecule has 0 aromatic heterocycles. The number of hydrogen-bond donors (Lipinski definition) is 0. The molecule has 0 rings (SSSR count). The van der Waals surface area contributed by atoms with Crippen molar-refractivity contribution in [3.05, 3.63) is 12.8 Å². The van der Waals surface area contributed by atoms with Crippen molar-refractivity contribution in [3.8, 4) is 0 Å². The molecule has 0 atom stereocenters. The molecule has 2 nitrogen and oxygen atoms in total. The minimum Gasteiger partial charge on any atom is -0.499 e. The maximum Gasteiger partial charge on any atom is 0.111 e. The Morgan fingerprint density at radius 3 is 1.38 bits per heavy atom. The maximum absolute atomic E-state index is 5.48. The average Bonchev–Trinajstić information content (AvgIpc) is 2.60. The van der Waals surface area contributed by atoms with Crippen molar-refractivity contribution in [1.29, 1.82) is 0 Å². The standard InChI is InChI=1S/C22H44O2/c1-3-5-6-7-8-9-10-11-12-13-14-15-16-17-18-19-20-24-22-21-23-4-2/h4H,2-3,5-22H2,1H3. The lowest BCUT2D eigenvalue weighted by molar-refractivity contribution is 0.0826. The molecule has 0 radical (unpaired) electrons. The van der Waals surface area contributed by atoms with Gasteiger partial charge in [-0.25, -0.2) is 0 Å². The molecule has 0 aromatic carbocycles. The highest BCUT2D eigenvalue weighted by molar-refractivity contribution is 4.50. The highest BCUT2D eigenvalue weighted by atomic mass is 16.5. The Morgan fingerprint density at radius 1 is 0.542 bits per heavy atom. The van der Waals surface area contributed by atoms with Crippen LogP contribution in [0.2, 0.25) is 0 Å². The van der Waals surface area contributed by atoms with Gasteiger partial charge in [0.1, 0.15) is 6.61 Å². The molecule has 0 fully saturated rings. The van der Waals surface area contributed by atoms with E-state index in [9.17, 15) is 0 Å². The van der Waals surface area contributed by atoms with Crippen LogP contribution < -0.4 is 0 Å². The zero-order valence-corrected chi connectivity index (χ0v) is 16.5. The van der Waals surface area contributed by atoms with Gasteiger partial charge in [-0.3, -0.25) is 0 Å². The van der Waals surface area contributed by atoms with Crippen molar-refractivity contribution in [2.75, 3.05) is 19.8 Å². The minimum absolute atomic E-state index is 0.627. The third-order valence-electron chi connectivity index (χ3n) is 4.61. The van der Waals surface area contributed by atoms with E-state index in [1.165, 1.54) is 109 Å². The SMILES string of the molecule is C=COCCOCCCCCCCCCCCCCCCCCC. The van der Waals surface area contributed by atoms with E-state index >= 15 is 0 Å². The van der Waals surface area contributed by atoms with Gasteiger partial charge in [0, 0.05) is 6.61 Å².